The first-order valence-corrected chi connectivity index (χ1v) is 11.7. The molecule has 1 aromatic heterocycles. The second-order valence-corrected chi connectivity index (χ2v) is 9.95. The van der Waals surface area contributed by atoms with Crippen molar-refractivity contribution in [2.75, 3.05) is 19.0 Å². The molecule has 5 rings (SSSR count). The summed E-state index contributed by atoms with van der Waals surface area (Å²) in [5, 5.41) is 7.06. The van der Waals surface area contributed by atoms with Gasteiger partial charge in [-0.25, -0.2) is 23.2 Å². The molecule has 9 nitrogen and oxygen atoms in total. The van der Waals surface area contributed by atoms with Gasteiger partial charge in [-0.05, 0) is 53.9 Å². The number of urea groups is 1. The highest BCUT2D eigenvalue weighted by Crippen LogP contribution is 2.45. The molecule has 2 amide bonds. The summed E-state index contributed by atoms with van der Waals surface area (Å²) in [7, 11) is -2.06. The second kappa shape index (κ2) is 6.98. The molecule has 0 saturated carbocycles. The lowest BCUT2D eigenvalue weighted by Gasteiger charge is -2.32. The van der Waals surface area contributed by atoms with E-state index >= 15 is 0 Å². The Morgan fingerprint density at radius 2 is 2.23 bits per heavy atom. The van der Waals surface area contributed by atoms with E-state index in [0.717, 1.165) is 31.4 Å². The predicted molar refractivity (Wildman–Crippen MR) is 110 cm³/mol. The fraction of sp³-hybridized carbons (Fsp3) is 0.500. The molecule has 160 valence electrons. The quantitative estimate of drug-likeness (QED) is 0.688. The maximum atomic E-state index is 13.1. The first-order chi connectivity index (χ1) is 14.4. The third-order valence-corrected chi connectivity index (χ3v) is 7.58. The van der Waals surface area contributed by atoms with Gasteiger partial charge in [0.15, 0.2) is 9.92 Å². The molecule has 2 heterocycles. The van der Waals surface area contributed by atoms with Crippen molar-refractivity contribution in [1.82, 2.24) is 14.5 Å². The highest BCUT2D eigenvalue weighted by atomic mass is 32.2. The fourth-order valence-corrected chi connectivity index (χ4v) is 5.74. The van der Waals surface area contributed by atoms with Crippen LogP contribution in [0.3, 0.4) is 0 Å². The first-order valence-electron chi connectivity index (χ1n) is 10.1. The van der Waals surface area contributed by atoms with Gasteiger partial charge in [-0.2, -0.15) is 5.10 Å². The highest BCUT2D eigenvalue weighted by Gasteiger charge is 2.33. The smallest absolute Gasteiger partial charge is 0.331 e. The molecule has 1 aromatic carbocycles. The number of nitrogens with one attached hydrogen (secondary N) is 3. The summed E-state index contributed by atoms with van der Waals surface area (Å²) >= 11 is 0. The number of aromatic nitrogens is 2. The van der Waals surface area contributed by atoms with E-state index in [1.165, 1.54) is 33.1 Å². The molecule has 3 aliphatic rings. The van der Waals surface area contributed by atoms with Crippen molar-refractivity contribution < 1.29 is 18.5 Å². The number of carbonyl (C=O) groups excluding carboxylic acids is 1. The Labute approximate surface area is 175 Å². The molecule has 3 N–H and O–H groups in total. The maximum Gasteiger partial charge on any atom is 0.331 e. The number of carbonyl (C=O) groups is 1. The van der Waals surface area contributed by atoms with Crippen LogP contribution in [0.2, 0.25) is 0 Å². The lowest BCUT2D eigenvalue weighted by molar-refractivity contribution is 0.0165. The normalized spacial score (nSPS) is 23.3. The highest BCUT2D eigenvalue weighted by molar-refractivity contribution is 7.91. The van der Waals surface area contributed by atoms with Gasteiger partial charge in [0.05, 0.1) is 12.7 Å². The summed E-state index contributed by atoms with van der Waals surface area (Å²) in [6.07, 6.45) is 5.18. The largest absolute Gasteiger partial charge is 0.474 e. The Morgan fingerprint density at radius 3 is 3.00 bits per heavy atom. The molecule has 2 aliphatic carbocycles. The van der Waals surface area contributed by atoms with Gasteiger partial charge in [0.1, 0.15) is 17.6 Å². The van der Waals surface area contributed by atoms with Crippen molar-refractivity contribution >= 4 is 21.6 Å². The topological polar surface area (TPSA) is 118 Å². The van der Waals surface area contributed by atoms with Crippen LogP contribution in [-0.2, 0) is 40.5 Å². The van der Waals surface area contributed by atoms with E-state index in [2.05, 4.69) is 28.1 Å². The van der Waals surface area contributed by atoms with Crippen molar-refractivity contribution in [1.29, 1.82) is 4.78 Å². The van der Waals surface area contributed by atoms with Crippen LogP contribution in [0.25, 0.3) is 0 Å². The summed E-state index contributed by atoms with van der Waals surface area (Å²) in [5.74, 6) is 0.619. The zero-order chi connectivity index (χ0) is 21.0. The number of amides is 2. The summed E-state index contributed by atoms with van der Waals surface area (Å²) in [4.78, 5) is 12.8. The van der Waals surface area contributed by atoms with Crippen molar-refractivity contribution in [3.63, 3.8) is 0 Å². The number of methoxy groups -OCH3 is 1. The van der Waals surface area contributed by atoms with Crippen LogP contribution in [0, 0.1) is 4.78 Å². The number of hydrogen-bond acceptors (Lipinski definition) is 6. The van der Waals surface area contributed by atoms with Gasteiger partial charge in [-0.15, -0.1) is 0 Å². The number of rotatable bonds is 4. The van der Waals surface area contributed by atoms with Crippen LogP contribution in [0.15, 0.2) is 17.2 Å². The fourth-order valence-electron chi connectivity index (χ4n) is 4.71. The van der Waals surface area contributed by atoms with E-state index in [0.29, 0.717) is 12.5 Å². The molecule has 2 aromatic rings. The van der Waals surface area contributed by atoms with Crippen molar-refractivity contribution in [3.8, 4) is 5.88 Å². The number of hydrogen-bond donors (Lipinski definition) is 3. The molecule has 0 fully saturated rings. The summed E-state index contributed by atoms with van der Waals surface area (Å²) in [6, 6.07) is 1.61. The molecular weight excluding hydrogens is 406 g/mol. The number of ether oxygens (including phenoxy) is 2. The molecule has 0 spiro atoms. The Bertz CT molecular complexity index is 1140. The second-order valence-electron chi connectivity index (χ2n) is 8.20. The molecular formula is C20H25N5O4S. The zero-order valence-electron chi connectivity index (χ0n) is 17.0. The van der Waals surface area contributed by atoms with Crippen molar-refractivity contribution in [2.45, 2.75) is 56.1 Å². The SMILES string of the molecule is CO[C@@H]1COc2c([S@@](=N)(=O)NC(=O)Nc3c4c(cc5c3[C@H](C)C5)CCC4)cnn2C1. The molecule has 0 bridgehead atoms. The molecule has 0 radical (unpaired) electrons. The van der Waals surface area contributed by atoms with Gasteiger partial charge in [0.2, 0.25) is 5.88 Å². The number of benzene rings is 1. The van der Waals surface area contributed by atoms with Gasteiger partial charge in [0, 0.05) is 12.8 Å². The Morgan fingerprint density at radius 1 is 1.40 bits per heavy atom. The minimum absolute atomic E-state index is 0.0619. The standard InChI is InChI=1S/C20H25N5O4S/c1-11-6-13-7-12-4-3-5-15(12)18(17(11)13)23-20(26)24-30(21,27)16-8-22-25-9-14(28-2)10-29-19(16)25/h7-8,11,14H,3-6,9-10H2,1-2H3,(H3,21,23,24,26,27)/t11-,14+,30+/m1/s1. The van der Waals surface area contributed by atoms with Gasteiger partial charge in [-0.1, -0.05) is 13.0 Å². The average molecular weight is 432 g/mol. The van der Waals surface area contributed by atoms with Crippen LogP contribution >= 0.6 is 0 Å². The van der Waals surface area contributed by atoms with E-state index in [1.54, 1.807) is 7.11 Å². The van der Waals surface area contributed by atoms with Crippen LogP contribution in [-0.4, -0.2) is 39.8 Å². The minimum atomic E-state index is -3.65. The summed E-state index contributed by atoms with van der Waals surface area (Å²) < 4.78 is 36.1. The average Bonchev–Trinajstić information content (AvgIpc) is 3.33. The summed E-state index contributed by atoms with van der Waals surface area (Å²) in [5.41, 5.74) is 5.73. The number of anilines is 1. The summed E-state index contributed by atoms with van der Waals surface area (Å²) in [6.45, 7) is 2.86. The van der Waals surface area contributed by atoms with E-state index < -0.39 is 15.9 Å². The molecule has 0 unspecified atom stereocenters. The molecule has 1 aliphatic heterocycles. The van der Waals surface area contributed by atoms with E-state index in [1.807, 2.05) is 0 Å². The minimum Gasteiger partial charge on any atom is -0.474 e. The Kier molecular flexibility index (Phi) is 4.51. The number of fused-ring (bicyclic) bond motifs is 3. The van der Waals surface area contributed by atoms with Gasteiger partial charge < -0.3 is 14.8 Å². The Balaban J connectivity index is 1.38. The third kappa shape index (κ3) is 3.05. The van der Waals surface area contributed by atoms with Crippen LogP contribution in [0.4, 0.5) is 10.5 Å². The molecule has 30 heavy (non-hydrogen) atoms. The Hall–Kier alpha value is -2.59. The lowest BCUT2D eigenvalue weighted by atomic mass is 9.75. The monoisotopic (exact) mass is 431 g/mol. The van der Waals surface area contributed by atoms with Crippen molar-refractivity contribution in [3.05, 3.63) is 34.5 Å². The van der Waals surface area contributed by atoms with E-state index in [4.69, 9.17) is 14.3 Å². The van der Waals surface area contributed by atoms with E-state index in [-0.39, 0.29) is 23.5 Å². The van der Waals surface area contributed by atoms with Crippen LogP contribution in [0.5, 0.6) is 5.88 Å². The number of nitrogens with zero attached hydrogens (tertiary/aromatic N) is 2. The molecule has 3 atom stereocenters. The van der Waals surface area contributed by atoms with E-state index in [9.17, 15) is 9.00 Å². The molecule has 10 heteroatoms. The maximum absolute atomic E-state index is 13.1. The van der Waals surface area contributed by atoms with Crippen molar-refractivity contribution in [2.24, 2.45) is 0 Å². The lowest BCUT2D eigenvalue weighted by Crippen LogP contribution is -2.36. The van der Waals surface area contributed by atoms with Gasteiger partial charge >= 0.3 is 6.03 Å². The predicted octanol–water partition coefficient (Wildman–Crippen LogP) is 2.58. The van der Waals surface area contributed by atoms with Gasteiger partial charge in [-0.3, -0.25) is 0 Å². The van der Waals surface area contributed by atoms with Crippen LogP contribution in [0.1, 0.15) is 41.5 Å². The molecule has 0 saturated heterocycles. The van der Waals surface area contributed by atoms with Gasteiger partial charge in [0.25, 0.3) is 0 Å². The number of aryl methyl sites for hydroxylation is 1. The van der Waals surface area contributed by atoms with Crippen LogP contribution < -0.4 is 14.8 Å². The first kappa shape index (κ1) is 19.4. The third-order valence-electron chi connectivity index (χ3n) is 6.21. The zero-order valence-corrected chi connectivity index (χ0v) is 17.8.